The van der Waals surface area contributed by atoms with Crippen molar-refractivity contribution in [2.45, 2.75) is 0 Å². The maximum atomic E-state index is 11.5. The quantitative estimate of drug-likeness (QED) is 0.365. The van der Waals surface area contributed by atoms with Gasteiger partial charge in [0.25, 0.3) is 5.91 Å². The maximum Gasteiger partial charge on any atom is 0.274 e. The zero-order chi connectivity index (χ0) is 18.1. The first kappa shape index (κ1) is 16.3. The van der Waals surface area contributed by atoms with Gasteiger partial charge >= 0.3 is 0 Å². The van der Waals surface area contributed by atoms with Crippen LogP contribution in [-0.4, -0.2) is 21.1 Å². The second-order valence-electron chi connectivity index (χ2n) is 5.85. The fraction of sp³-hybridized carbons (Fsp3) is 0. The van der Waals surface area contributed by atoms with Crippen LogP contribution in [0.15, 0.2) is 66.7 Å². The summed E-state index contributed by atoms with van der Waals surface area (Å²) in [6, 6.07) is 20.7. The van der Waals surface area contributed by atoms with E-state index in [1.54, 1.807) is 23.7 Å². The SMILES string of the molecule is O=C(NO)c1ccc2nc(-c3ccc(-c4cccc(Cl)c4)cc3)[nH]c2c1. The molecule has 1 heterocycles. The second kappa shape index (κ2) is 6.63. The highest BCUT2D eigenvalue weighted by Gasteiger charge is 2.10. The van der Waals surface area contributed by atoms with Gasteiger partial charge < -0.3 is 4.98 Å². The van der Waals surface area contributed by atoms with E-state index in [0.29, 0.717) is 16.4 Å². The fourth-order valence-electron chi connectivity index (χ4n) is 2.84. The number of nitrogens with zero attached hydrogens (tertiary/aromatic N) is 1. The van der Waals surface area contributed by atoms with Crippen LogP contribution in [-0.2, 0) is 0 Å². The van der Waals surface area contributed by atoms with E-state index < -0.39 is 5.91 Å². The van der Waals surface area contributed by atoms with Crippen LogP contribution in [0, 0.1) is 0 Å². The summed E-state index contributed by atoms with van der Waals surface area (Å²) in [5.74, 6) is 0.146. The Labute approximate surface area is 154 Å². The highest BCUT2D eigenvalue weighted by atomic mass is 35.5. The number of nitrogens with one attached hydrogen (secondary N) is 2. The molecule has 6 heteroatoms. The van der Waals surface area contributed by atoms with E-state index in [0.717, 1.165) is 27.7 Å². The molecule has 1 amide bonds. The number of aromatic amines is 1. The smallest absolute Gasteiger partial charge is 0.274 e. The standard InChI is InChI=1S/C20H14ClN3O2/c21-16-3-1-2-14(10-16)12-4-6-13(7-5-12)19-22-17-9-8-15(20(25)24-26)11-18(17)23-19/h1-11,26H,(H,22,23)(H,24,25). The highest BCUT2D eigenvalue weighted by Crippen LogP contribution is 2.26. The molecule has 4 rings (SSSR count). The predicted octanol–water partition coefficient (Wildman–Crippen LogP) is 4.67. The maximum absolute atomic E-state index is 11.5. The molecule has 3 aromatic carbocycles. The molecule has 0 spiro atoms. The first-order chi connectivity index (χ1) is 12.6. The molecule has 0 radical (unpaired) electrons. The summed E-state index contributed by atoms with van der Waals surface area (Å²) in [6.45, 7) is 0. The molecule has 5 nitrogen and oxygen atoms in total. The van der Waals surface area contributed by atoms with Gasteiger partial charge in [-0.15, -0.1) is 0 Å². The van der Waals surface area contributed by atoms with Crippen LogP contribution in [0.3, 0.4) is 0 Å². The van der Waals surface area contributed by atoms with Crippen LogP contribution in [0.25, 0.3) is 33.5 Å². The number of rotatable bonds is 3. The van der Waals surface area contributed by atoms with Crippen LogP contribution in [0.4, 0.5) is 0 Å². The molecule has 0 aliphatic carbocycles. The van der Waals surface area contributed by atoms with Crippen LogP contribution >= 0.6 is 11.6 Å². The number of halogens is 1. The van der Waals surface area contributed by atoms with E-state index in [2.05, 4.69) is 9.97 Å². The summed E-state index contributed by atoms with van der Waals surface area (Å²) in [7, 11) is 0. The van der Waals surface area contributed by atoms with Gasteiger partial charge in [-0.3, -0.25) is 10.0 Å². The molecule has 3 N–H and O–H groups in total. The molecule has 4 aromatic rings. The summed E-state index contributed by atoms with van der Waals surface area (Å²) in [5, 5.41) is 9.45. The third kappa shape index (κ3) is 3.06. The number of imidazole rings is 1. The third-order valence-electron chi connectivity index (χ3n) is 4.16. The lowest BCUT2D eigenvalue weighted by Crippen LogP contribution is -2.18. The van der Waals surface area contributed by atoms with E-state index in [-0.39, 0.29) is 0 Å². The Kier molecular flexibility index (Phi) is 4.16. The minimum Gasteiger partial charge on any atom is -0.338 e. The number of amides is 1. The average Bonchev–Trinajstić information content (AvgIpc) is 3.11. The number of hydrogen-bond donors (Lipinski definition) is 3. The van der Waals surface area contributed by atoms with Gasteiger partial charge in [0.1, 0.15) is 5.82 Å². The van der Waals surface area contributed by atoms with Crippen molar-refractivity contribution in [3.63, 3.8) is 0 Å². The van der Waals surface area contributed by atoms with Crippen molar-refractivity contribution in [3.05, 3.63) is 77.3 Å². The summed E-state index contributed by atoms with van der Waals surface area (Å²) < 4.78 is 0. The van der Waals surface area contributed by atoms with Gasteiger partial charge in [0.05, 0.1) is 11.0 Å². The predicted molar refractivity (Wildman–Crippen MR) is 101 cm³/mol. The van der Waals surface area contributed by atoms with E-state index in [1.807, 2.05) is 48.5 Å². The number of carbonyl (C=O) groups is 1. The monoisotopic (exact) mass is 363 g/mol. The van der Waals surface area contributed by atoms with Gasteiger partial charge in [0.2, 0.25) is 0 Å². The number of fused-ring (bicyclic) bond motifs is 1. The number of hydroxylamine groups is 1. The van der Waals surface area contributed by atoms with E-state index in [4.69, 9.17) is 16.8 Å². The molecule has 0 saturated heterocycles. The van der Waals surface area contributed by atoms with Gasteiger partial charge in [-0.05, 0) is 41.5 Å². The van der Waals surface area contributed by atoms with Gasteiger partial charge in [0.15, 0.2) is 0 Å². The number of benzene rings is 3. The molecule has 0 aliphatic heterocycles. The molecule has 0 atom stereocenters. The minimum atomic E-state index is -0.561. The third-order valence-corrected chi connectivity index (χ3v) is 4.40. The lowest BCUT2D eigenvalue weighted by atomic mass is 10.0. The van der Waals surface area contributed by atoms with E-state index >= 15 is 0 Å². The molecule has 0 saturated carbocycles. The van der Waals surface area contributed by atoms with Crippen molar-refractivity contribution in [1.29, 1.82) is 0 Å². The van der Waals surface area contributed by atoms with Crippen molar-refractivity contribution in [2.24, 2.45) is 0 Å². The number of hydrogen-bond acceptors (Lipinski definition) is 3. The molecule has 0 bridgehead atoms. The molecular formula is C20H14ClN3O2. The van der Waals surface area contributed by atoms with Gasteiger partial charge in [-0.2, -0.15) is 0 Å². The van der Waals surface area contributed by atoms with Gasteiger partial charge in [-0.25, -0.2) is 10.5 Å². The highest BCUT2D eigenvalue weighted by molar-refractivity contribution is 6.30. The minimum absolute atomic E-state index is 0.353. The first-order valence-electron chi connectivity index (χ1n) is 7.94. The molecule has 26 heavy (non-hydrogen) atoms. The Balaban J connectivity index is 1.68. The first-order valence-corrected chi connectivity index (χ1v) is 8.32. The Hall–Kier alpha value is -3.15. The van der Waals surface area contributed by atoms with Crippen LogP contribution < -0.4 is 5.48 Å². The van der Waals surface area contributed by atoms with Crippen LogP contribution in [0.5, 0.6) is 0 Å². The number of H-pyrrole nitrogens is 1. The molecule has 128 valence electrons. The molecule has 1 aromatic heterocycles. The molecular weight excluding hydrogens is 350 g/mol. The van der Waals surface area contributed by atoms with Gasteiger partial charge in [0, 0.05) is 16.1 Å². The topological polar surface area (TPSA) is 78.0 Å². The Bertz CT molecular complexity index is 1100. The van der Waals surface area contributed by atoms with Gasteiger partial charge in [-0.1, -0.05) is 48.0 Å². The zero-order valence-corrected chi connectivity index (χ0v) is 14.3. The molecule has 0 fully saturated rings. The fourth-order valence-corrected chi connectivity index (χ4v) is 3.03. The van der Waals surface area contributed by atoms with E-state index in [1.165, 1.54) is 0 Å². The lowest BCUT2D eigenvalue weighted by Gasteiger charge is -2.03. The van der Waals surface area contributed by atoms with Crippen LogP contribution in [0.1, 0.15) is 10.4 Å². The molecule has 0 aliphatic rings. The summed E-state index contributed by atoms with van der Waals surface area (Å²) >= 11 is 6.05. The molecule has 0 unspecified atom stereocenters. The van der Waals surface area contributed by atoms with Crippen LogP contribution in [0.2, 0.25) is 5.02 Å². The largest absolute Gasteiger partial charge is 0.338 e. The normalized spacial score (nSPS) is 10.8. The lowest BCUT2D eigenvalue weighted by molar-refractivity contribution is 0.0706. The Morgan fingerprint density at radius 2 is 1.73 bits per heavy atom. The Morgan fingerprint density at radius 3 is 2.46 bits per heavy atom. The summed E-state index contributed by atoms with van der Waals surface area (Å²) in [6.07, 6.45) is 0. The average molecular weight is 364 g/mol. The zero-order valence-electron chi connectivity index (χ0n) is 13.5. The number of aromatic nitrogens is 2. The Morgan fingerprint density at radius 1 is 0.962 bits per heavy atom. The summed E-state index contributed by atoms with van der Waals surface area (Å²) in [5.41, 5.74) is 6.49. The van der Waals surface area contributed by atoms with Crippen molar-refractivity contribution < 1.29 is 10.0 Å². The van der Waals surface area contributed by atoms with Crippen molar-refractivity contribution in [1.82, 2.24) is 15.4 Å². The van der Waals surface area contributed by atoms with E-state index in [9.17, 15) is 4.79 Å². The summed E-state index contributed by atoms with van der Waals surface area (Å²) in [4.78, 5) is 19.3. The van der Waals surface area contributed by atoms with Crippen molar-refractivity contribution >= 4 is 28.5 Å². The van der Waals surface area contributed by atoms with Crippen molar-refractivity contribution in [3.8, 4) is 22.5 Å². The second-order valence-corrected chi connectivity index (χ2v) is 6.28. The number of carbonyl (C=O) groups excluding carboxylic acids is 1. The van der Waals surface area contributed by atoms with Crippen molar-refractivity contribution in [2.75, 3.05) is 0 Å².